The largest absolute Gasteiger partial charge is 0.0622 e. The Kier molecular flexibility index (Phi) is 3.98. The third-order valence-electron chi connectivity index (χ3n) is 5.58. The topological polar surface area (TPSA) is 0 Å². The quantitative estimate of drug-likeness (QED) is 0.281. The fraction of sp³-hybridized carbons (Fsp3) is 0.0714. The zero-order valence-electron chi connectivity index (χ0n) is 16.2. The molecule has 5 aromatic rings. The van der Waals surface area contributed by atoms with Crippen molar-refractivity contribution in [3.63, 3.8) is 0 Å². The van der Waals surface area contributed by atoms with Crippen LogP contribution in [0.15, 0.2) is 97.1 Å². The molecule has 0 aliphatic rings. The van der Waals surface area contributed by atoms with Gasteiger partial charge < -0.3 is 0 Å². The maximum Gasteiger partial charge on any atom is -0.00203 e. The van der Waals surface area contributed by atoms with Crippen LogP contribution in [0.3, 0.4) is 0 Å². The van der Waals surface area contributed by atoms with Gasteiger partial charge in [0.2, 0.25) is 0 Å². The molecule has 0 saturated heterocycles. The van der Waals surface area contributed by atoms with Crippen molar-refractivity contribution in [3.05, 3.63) is 108 Å². The molecule has 0 saturated carbocycles. The Bertz CT molecular complexity index is 1290. The highest BCUT2D eigenvalue weighted by molar-refractivity contribution is 6.21. The average molecular weight is 358 g/mol. The fourth-order valence-corrected chi connectivity index (χ4v) is 4.23. The first kappa shape index (κ1) is 16.8. The van der Waals surface area contributed by atoms with Crippen LogP contribution >= 0.6 is 0 Å². The maximum atomic E-state index is 2.32. The minimum atomic E-state index is 1.26. The van der Waals surface area contributed by atoms with Crippen molar-refractivity contribution in [2.75, 3.05) is 0 Å². The highest BCUT2D eigenvalue weighted by Crippen LogP contribution is 2.44. The molecule has 0 fully saturated rings. The van der Waals surface area contributed by atoms with E-state index in [1.54, 1.807) is 0 Å². The van der Waals surface area contributed by atoms with E-state index in [0.29, 0.717) is 0 Å². The molecule has 0 heterocycles. The van der Waals surface area contributed by atoms with Crippen molar-refractivity contribution in [2.24, 2.45) is 0 Å². The van der Waals surface area contributed by atoms with Gasteiger partial charge in [0.25, 0.3) is 0 Å². The van der Waals surface area contributed by atoms with E-state index in [9.17, 15) is 0 Å². The molecule has 5 rings (SSSR count). The van der Waals surface area contributed by atoms with Crippen LogP contribution in [-0.4, -0.2) is 0 Å². The third kappa shape index (κ3) is 2.70. The number of benzene rings is 5. The molecule has 0 spiro atoms. The summed E-state index contributed by atoms with van der Waals surface area (Å²) in [5.74, 6) is 0. The van der Waals surface area contributed by atoms with E-state index in [1.807, 2.05) is 0 Å². The second-order valence-corrected chi connectivity index (χ2v) is 7.58. The average Bonchev–Trinajstić information content (AvgIpc) is 2.74. The normalized spacial score (nSPS) is 11.2. The van der Waals surface area contributed by atoms with Crippen LogP contribution < -0.4 is 0 Å². The lowest BCUT2D eigenvalue weighted by atomic mass is 9.84. The number of aryl methyl sites for hydroxylation is 2. The first-order valence-corrected chi connectivity index (χ1v) is 9.80. The van der Waals surface area contributed by atoms with E-state index < -0.39 is 0 Å². The summed E-state index contributed by atoms with van der Waals surface area (Å²) in [6, 6.07) is 35.4. The van der Waals surface area contributed by atoms with Gasteiger partial charge in [-0.25, -0.2) is 0 Å². The third-order valence-corrected chi connectivity index (χ3v) is 5.58. The number of hydrogen-bond donors (Lipinski definition) is 0. The van der Waals surface area contributed by atoms with E-state index >= 15 is 0 Å². The van der Waals surface area contributed by atoms with Crippen molar-refractivity contribution in [1.29, 1.82) is 0 Å². The fourth-order valence-electron chi connectivity index (χ4n) is 4.23. The molecular formula is C28H22. The highest BCUT2D eigenvalue weighted by Gasteiger charge is 2.17. The minimum absolute atomic E-state index is 1.26. The molecule has 0 unspecified atom stereocenters. The van der Waals surface area contributed by atoms with Crippen LogP contribution in [0.5, 0.6) is 0 Å². The molecule has 5 aromatic carbocycles. The van der Waals surface area contributed by atoms with Gasteiger partial charge in [-0.05, 0) is 57.6 Å². The first-order chi connectivity index (χ1) is 13.7. The summed E-state index contributed by atoms with van der Waals surface area (Å²) in [5.41, 5.74) is 7.74. The Morgan fingerprint density at radius 3 is 1.64 bits per heavy atom. The molecule has 0 aliphatic carbocycles. The van der Waals surface area contributed by atoms with Crippen LogP contribution in [0.25, 0.3) is 43.8 Å². The minimum Gasteiger partial charge on any atom is -0.0622 e. The first-order valence-electron chi connectivity index (χ1n) is 9.80. The summed E-state index contributed by atoms with van der Waals surface area (Å²) in [5, 5.41) is 5.26. The van der Waals surface area contributed by atoms with Crippen molar-refractivity contribution in [1.82, 2.24) is 0 Å². The molecule has 0 aromatic heterocycles. The Labute approximate surface area is 166 Å². The molecule has 0 nitrogen and oxygen atoms in total. The predicted molar refractivity (Wildman–Crippen MR) is 122 cm³/mol. The standard InChI is InChI=1S/C28H22/c1-19-12-15-22(16-13-19)28-25-17-14-20(2)18-26(25)23-10-6-7-11-24(23)27(28)21-8-4-3-5-9-21/h3-18H,1-2H3. The molecule has 0 amide bonds. The lowest BCUT2D eigenvalue weighted by molar-refractivity contribution is 1.47. The smallest absolute Gasteiger partial charge is 0.00203 e. The van der Waals surface area contributed by atoms with Gasteiger partial charge in [-0.1, -0.05) is 108 Å². The Balaban J connectivity index is 2.03. The van der Waals surface area contributed by atoms with Crippen molar-refractivity contribution in [3.8, 4) is 22.3 Å². The maximum absolute atomic E-state index is 2.32. The number of rotatable bonds is 2. The van der Waals surface area contributed by atoms with Gasteiger partial charge in [-0.15, -0.1) is 0 Å². The summed E-state index contributed by atoms with van der Waals surface area (Å²) < 4.78 is 0. The lowest BCUT2D eigenvalue weighted by Gasteiger charge is -2.19. The lowest BCUT2D eigenvalue weighted by Crippen LogP contribution is -1.92. The van der Waals surface area contributed by atoms with E-state index in [4.69, 9.17) is 0 Å². The van der Waals surface area contributed by atoms with Crippen LogP contribution in [0, 0.1) is 13.8 Å². The van der Waals surface area contributed by atoms with Crippen molar-refractivity contribution in [2.45, 2.75) is 13.8 Å². The van der Waals surface area contributed by atoms with Gasteiger partial charge in [0, 0.05) is 0 Å². The van der Waals surface area contributed by atoms with Crippen molar-refractivity contribution >= 4 is 21.5 Å². The second-order valence-electron chi connectivity index (χ2n) is 7.58. The molecule has 0 radical (unpaired) electrons. The van der Waals surface area contributed by atoms with Crippen molar-refractivity contribution < 1.29 is 0 Å². The molecule has 0 aliphatic heterocycles. The van der Waals surface area contributed by atoms with E-state index in [2.05, 4.69) is 111 Å². The Morgan fingerprint density at radius 2 is 0.929 bits per heavy atom. The zero-order valence-corrected chi connectivity index (χ0v) is 16.2. The highest BCUT2D eigenvalue weighted by atomic mass is 14.2. The molecule has 28 heavy (non-hydrogen) atoms. The monoisotopic (exact) mass is 358 g/mol. The van der Waals surface area contributed by atoms with Gasteiger partial charge in [0.05, 0.1) is 0 Å². The second kappa shape index (κ2) is 6.65. The molecule has 134 valence electrons. The number of hydrogen-bond acceptors (Lipinski definition) is 0. The Hall–Kier alpha value is -3.38. The molecule has 0 atom stereocenters. The summed E-state index contributed by atoms with van der Waals surface area (Å²) in [4.78, 5) is 0. The summed E-state index contributed by atoms with van der Waals surface area (Å²) in [6.07, 6.45) is 0. The molecular weight excluding hydrogens is 336 g/mol. The van der Waals surface area contributed by atoms with Gasteiger partial charge in [0.1, 0.15) is 0 Å². The number of fused-ring (bicyclic) bond motifs is 3. The Morgan fingerprint density at radius 1 is 0.393 bits per heavy atom. The van der Waals surface area contributed by atoms with E-state index in [-0.39, 0.29) is 0 Å². The zero-order chi connectivity index (χ0) is 19.1. The SMILES string of the molecule is Cc1ccc(-c2c(-c3ccccc3)c3ccccc3c3cc(C)ccc23)cc1. The van der Waals surface area contributed by atoms with Crippen LogP contribution in [0.1, 0.15) is 11.1 Å². The van der Waals surface area contributed by atoms with Gasteiger partial charge in [-0.2, -0.15) is 0 Å². The van der Waals surface area contributed by atoms with Crippen LogP contribution in [-0.2, 0) is 0 Å². The van der Waals surface area contributed by atoms with Crippen LogP contribution in [0.2, 0.25) is 0 Å². The molecule has 0 heteroatoms. The van der Waals surface area contributed by atoms with E-state index in [0.717, 1.165) is 0 Å². The van der Waals surface area contributed by atoms with Crippen LogP contribution in [0.4, 0.5) is 0 Å². The predicted octanol–water partition coefficient (Wildman–Crippen LogP) is 7.94. The molecule has 0 bridgehead atoms. The summed E-state index contributed by atoms with van der Waals surface area (Å²) >= 11 is 0. The summed E-state index contributed by atoms with van der Waals surface area (Å²) in [7, 11) is 0. The van der Waals surface area contributed by atoms with Gasteiger partial charge >= 0.3 is 0 Å². The summed E-state index contributed by atoms with van der Waals surface area (Å²) in [6.45, 7) is 4.31. The molecule has 0 N–H and O–H groups in total. The van der Waals surface area contributed by atoms with Gasteiger partial charge in [0.15, 0.2) is 0 Å². The van der Waals surface area contributed by atoms with Gasteiger partial charge in [-0.3, -0.25) is 0 Å². The van der Waals surface area contributed by atoms with E-state index in [1.165, 1.54) is 54.9 Å².